The van der Waals surface area contributed by atoms with E-state index >= 15 is 0 Å². The number of aliphatic hydroxyl groups is 1. The minimum absolute atomic E-state index is 0. The van der Waals surface area contributed by atoms with Gasteiger partial charge in [0.1, 0.15) is 5.60 Å². The molecule has 0 radical (unpaired) electrons. The summed E-state index contributed by atoms with van der Waals surface area (Å²) >= 11 is 0. The minimum Gasteiger partial charge on any atom is -0.547 e. The molecular formula is C32H59NaO7. The Morgan fingerprint density at radius 3 is 1.12 bits per heavy atom. The van der Waals surface area contributed by atoms with Crippen molar-refractivity contribution < 1.29 is 63.6 Å². The van der Waals surface area contributed by atoms with Crippen molar-refractivity contribution in [2.24, 2.45) is 11.8 Å². The quantitative estimate of drug-likeness (QED) is 0.0899. The number of rotatable bonds is 27. The molecule has 8 heteroatoms. The average Bonchev–Trinajstić information content (AvgIpc) is 2.85. The number of hydrogen-bond acceptors (Lipinski definition) is 7. The van der Waals surface area contributed by atoms with Gasteiger partial charge >= 0.3 is 41.5 Å². The monoisotopic (exact) mass is 578 g/mol. The Labute approximate surface area is 267 Å². The van der Waals surface area contributed by atoms with Gasteiger partial charge in [-0.05, 0) is 24.7 Å². The molecule has 0 saturated heterocycles. The molecule has 0 aromatic heterocycles. The second-order valence-electron chi connectivity index (χ2n) is 12.1. The van der Waals surface area contributed by atoms with Crippen LogP contribution in [0.15, 0.2) is 0 Å². The van der Waals surface area contributed by atoms with E-state index in [4.69, 9.17) is 9.47 Å². The fourth-order valence-corrected chi connectivity index (χ4v) is 4.59. The summed E-state index contributed by atoms with van der Waals surface area (Å²) in [6.07, 6.45) is 18.7. The topological polar surface area (TPSA) is 113 Å². The smallest absolute Gasteiger partial charge is 0.547 e. The molecule has 0 aliphatic carbocycles. The SMILES string of the molecule is CC(C)CCCCCCCCCCOC(=O)CC(O)(CC(=O)OCCCCCCCCCCC(C)C)C(=O)[O-].[Na+]. The molecule has 0 unspecified atom stereocenters. The first kappa shape index (κ1) is 41.5. The molecule has 0 rings (SSSR count). The first-order valence-electron chi connectivity index (χ1n) is 15.8. The fraction of sp³-hybridized carbons (Fsp3) is 0.906. The van der Waals surface area contributed by atoms with Crippen LogP contribution in [0.1, 0.15) is 156 Å². The van der Waals surface area contributed by atoms with Crippen LogP contribution in [-0.4, -0.2) is 41.8 Å². The van der Waals surface area contributed by atoms with E-state index in [0.29, 0.717) is 12.8 Å². The van der Waals surface area contributed by atoms with E-state index in [1.807, 2.05) is 0 Å². The molecular weight excluding hydrogens is 519 g/mol. The Hall–Kier alpha value is -0.630. The second-order valence-corrected chi connectivity index (χ2v) is 12.1. The van der Waals surface area contributed by atoms with Gasteiger partial charge < -0.3 is 24.5 Å². The van der Waals surface area contributed by atoms with Crippen molar-refractivity contribution in [1.29, 1.82) is 0 Å². The van der Waals surface area contributed by atoms with Crippen LogP contribution in [-0.2, 0) is 23.9 Å². The van der Waals surface area contributed by atoms with E-state index in [1.54, 1.807) is 0 Å². The van der Waals surface area contributed by atoms with E-state index in [-0.39, 0.29) is 42.8 Å². The van der Waals surface area contributed by atoms with Gasteiger partial charge in [0.2, 0.25) is 0 Å². The number of hydrogen-bond donors (Lipinski definition) is 1. The van der Waals surface area contributed by atoms with Gasteiger partial charge in [0.15, 0.2) is 0 Å². The number of carbonyl (C=O) groups excluding carboxylic acids is 3. The van der Waals surface area contributed by atoms with Crippen molar-refractivity contribution in [3.63, 3.8) is 0 Å². The van der Waals surface area contributed by atoms with E-state index in [2.05, 4.69) is 27.7 Å². The number of unbranched alkanes of at least 4 members (excludes halogenated alkanes) is 14. The average molecular weight is 579 g/mol. The molecule has 0 aliphatic heterocycles. The number of carbonyl (C=O) groups is 3. The maximum atomic E-state index is 12.1. The summed E-state index contributed by atoms with van der Waals surface area (Å²) in [6.45, 7) is 9.33. The Kier molecular flexibility index (Phi) is 28.2. The largest absolute Gasteiger partial charge is 1.00 e. The van der Waals surface area contributed by atoms with Crippen LogP contribution in [0.25, 0.3) is 0 Å². The summed E-state index contributed by atoms with van der Waals surface area (Å²) in [6, 6.07) is 0. The maximum Gasteiger partial charge on any atom is 1.00 e. The van der Waals surface area contributed by atoms with Gasteiger partial charge in [0.25, 0.3) is 0 Å². The summed E-state index contributed by atoms with van der Waals surface area (Å²) in [4.78, 5) is 35.6. The van der Waals surface area contributed by atoms with Crippen LogP contribution in [0.2, 0.25) is 0 Å². The van der Waals surface area contributed by atoms with Gasteiger partial charge in [0.05, 0.1) is 32.0 Å². The maximum absolute atomic E-state index is 12.1. The zero-order chi connectivity index (χ0) is 29.4. The van der Waals surface area contributed by atoms with E-state index in [0.717, 1.165) is 50.4 Å². The third-order valence-electron chi connectivity index (χ3n) is 7.13. The van der Waals surface area contributed by atoms with Crippen LogP contribution in [0.5, 0.6) is 0 Å². The Bertz CT molecular complexity index is 593. The van der Waals surface area contributed by atoms with Crippen LogP contribution < -0.4 is 34.7 Å². The molecule has 0 saturated carbocycles. The molecule has 0 amide bonds. The third-order valence-corrected chi connectivity index (χ3v) is 7.13. The molecule has 1 N–H and O–H groups in total. The van der Waals surface area contributed by atoms with Gasteiger partial charge in [-0.2, -0.15) is 0 Å². The number of esters is 2. The summed E-state index contributed by atoms with van der Waals surface area (Å²) in [5.41, 5.74) is -2.63. The fourth-order valence-electron chi connectivity index (χ4n) is 4.59. The Morgan fingerprint density at radius 1 is 0.575 bits per heavy atom. The van der Waals surface area contributed by atoms with Crippen LogP contribution in [0.3, 0.4) is 0 Å². The first-order chi connectivity index (χ1) is 18.6. The standard InChI is InChI=1S/C32H60O7.Na/c1-27(2)21-17-13-9-5-7-11-15-19-23-38-29(33)25-32(37,31(35)36)26-30(34)39-24-20-16-12-8-6-10-14-18-22-28(3)4;/h27-28,37H,5-26H2,1-4H3,(H,35,36);/q;+1/p-1. The van der Waals surface area contributed by atoms with Crippen molar-refractivity contribution in [2.75, 3.05) is 13.2 Å². The van der Waals surface area contributed by atoms with Gasteiger partial charge in [-0.3, -0.25) is 9.59 Å². The molecule has 40 heavy (non-hydrogen) atoms. The molecule has 0 aliphatic rings. The van der Waals surface area contributed by atoms with Gasteiger partial charge in [0, 0.05) is 0 Å². The molecule has 230 valence electrons. The summed E-state index contributed by atoms with van der Waals surface area (Å²) in [5, 5.41) is 21.8. The van der Waals surface area contributed by atoms with Gasteiger partial charge in [-0.1, -0.05) is 130 Å². The zero-order valence-corrected chi connectivity index (χ0v) is 28.6. The number of carboxylic acids is 1. The number of aliphatic carboxylic acids is 1. The van der Waals surface area contributed by atoms with Crippen LogP contribution in [0.4, 0.5) is 0 Å². The molecule has 0 fully saturated rings. The normalized spacial score (nSPS) is 11.5. The Morgan fingerprint density at radius 2 is 0.850 bits per heavy atom. The Balaban J connectivity index is 0. The molecule has 0 bridgehead atoms. The summed E-state index contributed by atoms with van der Waals surface area (Å²) in [7, 11) is 0. The van der Waals surface area contributed by atoms with Gasteiger partial charge in [-0.25, -0.2) is 0 Å². The molecule has 0 heterocycles. The minimum atomic E-state index is -2.63. The van der Waals surface area contributed by atoms with Crippen molar-refractivity contribution in [1.82, 2.24) is 0 Å². The van der Waals surface area contributed by atoms with E-state index in [1.165, 1.54) is 64.2 Å². The van der Waals surface area contributed by atoms with Gasteiger partial charge in [-0.15, -0.1) is 0 Å². The molecule has 0 aromatic rings. The predicted molar refractivity (Wildman–Crippen MR) is 154 cm³/mol. The summed E-state index contributed by atoms with van der Waals surface area (Å²) < 4.78 is 10.2. The summed E-state index contributed by atoms with van der Waals surface area (Å²) in [5.74, 6) is -2.05. The zero-order valence-electron chi connectivity index (χ0n) is 26.6. The van der Waals surface area contributed by atoms with Crippen LogP contribution in [0, 0.1) is 11.8 Å². The van der Waals surface area contributed by atoms with Crippen molar-refractivity contribution >= 4 is 17.9 Å². The number of carboxylic acid groups (broad SMARTS) is 1. The second kappa shape index (κ2) is 27.2. The van der Waals surface area contributed by atoms with Crippen molar-refractivity contribution in [3.8, 4) is 0 Å². The van der Waals surface area contributed by atoms with E-state index in [9.17, 15) is 24.6 Å². The first-order valence-corrected chi connectivity index (χ1v) is 15.8. The van der Waals surface area contributed by atoms with E-state index < -0.39 is 36.4 Å². The van der Waals surface area contributed by atoms with Crippen molar-refractivity contribution in [2.45, 2.75) is 162 Å². The third kappa shape index (κ3) is 26.3. The van der Waals surface area contributed by atoms with Crippen LogP contribution >= 0.6 is 0 Å². The molecule has 0 aromatic carbocycles. The molecule has 0 atom stereocenters. The predicted octanol–water partition coefficient (Wildman–Crippen LogP) is 3.67. The number of ether oxygens (including phenoxy) is 2. The molecule has 7 nitrogen and oxygen atoms in total. The van der Waals surface area contributed by atoms with Crippen molar-refractivity contribution in [3.05, 3.63) is 0 Å². The molecule has 0 spiro atoms.